The molecule has 2 N–H and O–H groups in total. The van der Waals surface area contributed by atoms with Crippen molar-refractivity contribution in [3.8, 4) is 11.5 Å². The standard InChI is InChI=1S/C34H33N5O5/c1-42-30-15-8-5-12-26(30)23-36-33(41)34(22-24-10-3-2-4-11-24)31(28-13-6-7-14-29(28)38-39-35)44-32(37-34)25-16-18-27(19-17-25)43-21-9-20-40/h2-8,10-19,31,40H,9,20-23H2,1H3,(H,36,41)/t31-,34-/m1/s1. The Kier molecular flexibility index (Phi) is 9.76. The number of carbonyl (C=O) groups excluding carboxylic acids is 1. The molecular weight excluding hydrogens is 558 g/mol. The van der Waals surface area contributed by atoms with Crippen molar-refractivity contribution in [3.05, 3.63) is 136 Å². The van der Waals surface area contributed by atoms with Crippen LogP contribution in [0, 0.1) is 0 Å². The van der Waals surface area contributed by atoms with Crippen molar-refractivity contribution in [2.45, 2.75) is 31.0 Å². The number of nitrogens with zero attached hydrogens (tertiary/aromatic N) is 4. The lowest BCUT2D eigenvalue weighted by Crippen LogP contribution is -2.49. The van der Waals surface area contributed by atoms with E-state index in [2.05, 4.69) is 15.3 Å². The van der Waals surface area contributed by atoms with Crippen LogP contribution in [-0.2, 0) is 22.5 Å². The van der Waals surface area contributed by atoms with Crippen LogP contribution in [0.5, 0.6) is 11.5 Å². The molecule has 5 rings (SSSR count). The van der Waals surface area contributed by atoms with Crippen molar-refractivity contribution in [2.24, 2.45) is 10.1 Å². The second-order valence-electron chi connectivity index (χ2n) is 10.2. The number of amides is 1. The Hall–Kier alpha value is -5.31. The third-order valence-corrected chi connectivity index (χ3v) is 7.35. The Labute approximate surface area is 255 Å². The molecule has 224 valence electrons. The van der Waals surface area contributed by atoms with Gasteiger partial charge in [-0.25, -0.2) is 4.99 Å². The number of hydrogen-bond donors (Lipinski definition) is 2. The number of hydrogen-bond acceptors (Lipinski definition) is 7. The molecule has 0 bridgehead atoms. The summed E-state index contributed by atoms with van der Waals surface area (Å²) in [5.41, 5.74) is 11.1. The summed E-state index contributed by atoms with van der Waals surface area (Å²) in [6.45, 7) is 0.636. The fourth-order valence-electron chi connectivity index (χ4n) is 5.19. The van der Waals surface area contributed by atoms with E-state index in [0.29, 0.717) is 41.3 Å². The minimum absolute atomic E-state index is 0.0457. The van der Waals surface area contributed by atoms with E-state index < -0.39 is 11.6 Å². The fraction of sp³-hybridized carbons (Fsp3) is 0.235. The third-order valence-electron chi connectivity index (χ3n) is 7.35. The summed E-state index contributed by atoms with van der Waals surface area (Å²) in [4.78, 5) is 22.6. The molecule has 1 aliphatic heterocycles. The molecule has 0 aromatic heterocycles. The van der Waals surface area contributed by atoms with Crippen molar-refractivity contribution in [1.82, 2.24) is 5.32 Å². The Morgan fingerprint density at radius 1 is 1.02 bits per heavy atom. The van der Waals surface area contributed by atoms with Crippen LogP contribution < -0.4 is 14.8 Å². The molecule has 0 unspecified atom stereocenters. The Morgan fingerprint density at radius 3 is 2.50 bits per heavy atom. The summed E-state index contributed by atoms with van der Waals surface area (Å²) in [7, 11) is 1.59. The van der Waals surface area contributed by atoms with Crippen LogP contribution in [0.15, 0.2) is 113 Å². The lowest BCUT2D eigenvalue weighted by molar-refractivity contribution is -0.129. The average molecular weight is 592 g/mol. The normalized spacial score (nSPS) is 17.1. The van der Waals surface area contributed by atoms with Crippen molar-refractivity contribution in [3.63, 3.8) is 0 Å². The predicted molar refractivity (Wildman–Crippen MR) is 167 cm³/mol. The van der Waals surface area contributed by atoms with Gasteiger partial charge in [0.1, 0.15) is 11.5 Å². The number of aliphatic hydroxyl groups is 1. The minimum Gasteiger partial charge on any atom is -0.496 e. The van der Waals surface area contributed by atoms with Gasteiger partial charge in [0.05, 0.1) is 13.7 Å². The number of para-hydroxylation sites is 1. The van der Waals surface area contributed by atoms with Crippen LogP contribution in [0.25, 0.3) is 10.4 Å². The molecule has 0 saturated heterocycles. The van der Waals surface area contributed by atoms with E-state index >= 15 is 0 Å². The van der Waals surface area contributed by atoms with Crippen LogP contribution in [0.3, 0.4) is 0 Å². The summed E-state index contributed by atoms with van der Waals surface area (Å²) < 4.78 is 17.8. The van der Waals surface area contributed by atoms with E-state index in [4.69, 9.17) is 24.3 Å². The van der Waals surface area contributed by atoms with E-state index in [1.807, 2.05) is 72.8 Å². The predicted octanol–water partition coefficient (Wildman–Crippen LogP) is 6.21. The maximum atomic E-state index is 14.5. The molecule has 0 saturated carbocycles. The Bertz CT molecular complexity index is 1650. The van der Waals surface area contributed by atoms with Gasteiger partial charge in [0.25, 0.3) is 5.91 Å². The summed E-state index contributed by atoms with van der Waals surface area (Å²) >= 11 is 0. The van der Waals surface area contributed by atoms with Gasteiger partial charge in [0, 0.05) is 53.3 Å². The number of rotatable bonds is 13. The monoisotopic (exact) mass is 591 g/mol. The summed E-state index contributed by atoms with van der Waals surface area (Å²) in [6.07, 6.45) is -0.180. The van der Waals surface area contributed by atoms with Gasteiger partial charge >= 0.3 is 0 Å². The molecule has 0 radical (unpaired) electrons. The van der Waals surface area contributed by atoms with E-state index in [9.17, 15) is 10.3 Å². The highest BCUT2D eigenvalue weighted by Crippen LogP contribution is 2.45. The first-order chi connectivity index (χ1) is 21.6. The SMILES string of the molecule is COc1ccccc1CNC(=O)[C@]1(Cc2ccccc2)N=C(c2ccc(OCCCO)cc2)O[C@@H]1c1ccccc1N=[N+]=[N-]. The smallest absolute Gasteiger partial charge is 0.252 e. The topological polar surface area (TPSA) is 138 Å². The van der Waals surface area contributed by atoms with Crippen molar-refractivity contribution < 1.29 is 24.1 Å². The number of nitrogens with one attached hydrogen (secondary N) is 1. The first-order valence-electron chi connectivity index (χ1n) is 14.3. The molecule has 0 aliphatic carbocycles. The Morgan fingerprint density at radius 2 is 1.75 bits per heavy atom. The van der Waals surface area contributed by atoms with Gasteiger partial charge in [0.15, 0.2) is 11.6 Å². The first-order valence-corrected chi connectivity index (χ1v) is 14.3. The fourth-order valence-corrected chi connectivity index (χ4v) is 5.19. The zero-order chi connectivity index (χ0) is 30.8. The largest absolute Gasteiger partial charge is 0.496 e. The van der Waals surface area contributed by atoms with Gasteiger partial charge in [-0.05, 0) is 41.4 Å². The second-order valence-corrected chi connectivity index (χ2v) is 10.2. The van der Waals surface area contributed by atoms with Crippen LogP contribution in [0.1, 0.15) is 34.8 Å². The lowest BCUT2D eigenvalue weighted by Gasteiger charge is -2.31. The van der Waals surface area contributed by atoms with Crippen LogP contribution in [-0.4, -0.2) is 42.8 Å². The molecule has 10 nitrogen and oxygen atoms in total. The molecule has 0 spiro atoms. The molecule has 1 amide bonds. The summed E-state index contributed by atoms with van der Waals surface area (Å²) in [5, 5.41) is 16.1. The quantitative estimate of drug-likeness (QED) is 0.0823. The number of benzene rings is 4. The van der Waals surface area contributed by atoms with E-state index in [-0.39, 0.29) is 31.4 Å². The summed E-state index contributed by atoms with van der Waals surface area (Å²) in [5.74, 6) is 1.21. The maximum Gasteiger partial charge on any atom is 0.252 e. The van der Waals surface area contributed by atoms with Gasteiger partial charge in [-0.1, -0.05) is 77.9 Å². The number of azide groups is 1. The summed E-state index contributed by atoms with van der Waals surface area (Å²) in [6, 6.07) is 31.4. The molecule has 0 fully saturated rings. The van der Waals surface area contributed by atoms with Gasteiger partial charge in [-0.2, -0.15) is 0 Å². The molecule has 4 aromatic carbocycles. The molecule has 1 aliphatic rings. The molecule has 1 heterocycles. The average Bonchev–Trinajstić information content (AvgIpc) is 3.45. The van der Waals surface area contributed by atoms with Crippen molar-refractivity contribution in [1.29, 1.82) is 0 Å². The molecule has 2 atom stereocenters. The number of methoxy groups -OCH3 is 1. The first kappa shape index (κ1) is 30.2. The number of ether oxygens (including phenoxy) is 3. The molecule has 4 aromatic rings. The van der Waals surface area contributed by atoms with Gasteiger partial charge < -0.3 is 24.6 Å². The third kappa shape index (κ3) is 6.67. The number of carbonyl (C=O) groups is 1. The highest BCUT2D eigenvalue weighted by molar-refractivity contribution is 6.01. The Balaban J connectivity index is 1.59. The zero-order valence-corrected chi connectivity index (χ0v) is 24.3. The second kappa shape index (κ2) is 14.2. The zero-order valence-electron chi connectivity index (χ0n) is 24.3. The highest BCUT2D eigenvalue weighted by atomic mass is 16.5. The minimum atomic E-state index is -1.46. The van der Waals surface area contributed by atoms with E-state index in [1.54, 1.807) is 37.4 Å². The number of aliphatic imine (C=N–C) groups is 1. The van der Waals surface area contributed by atoms with Gasteiger partial charge in [0.2, 0.25) is 5.90 Å². The van der Waals surface area contributed by atoms with Crippen LogP contribution in [0.4, 0.5) is 5.69 Å². The van der Waals surface area contributed by atoms with Crippen molar-refractivity contribution >= 4 is 17.5 Å². The molecule has 10 heteroatoms. The molecular formula is C34H33N5O5. The van der Waals surface area contributed by atoms with Crippen molar-refractivity contribution in [2.75, 3.05) is 20.3 Å². The molecule has 44 heavy (non-hydrogen) atoms. The maximum absolute atomic E-state index is 14.5. The van der Waals surface area contributed by atoms with Gasteiger partial charge in [-0.3, -0.25) is 4.79 Å². The van der Waals surface area contributed by atoms with E-state index in [1.165, 1.54) is 0 Å². The van der Waals surface area contributed by atoms with Crippen LogP contribution >= 0.6 is 0 Å². The van der Waals surface area contributed by atoms with Crippen LogP contribution in [0.2, 0.25) is 0 Å². The highest BCUT2D eigenvalue weighted by Gasteiger charge is 2.53. The lowest BCUT2D eigenvalue weighted by atomic mass is 9.81. The van der Waals surface area contributed by atoms with Gasteiger partial charge in [-0.15, -0.1) is 0 Å². The van der Waals surface area contributed by atoms with E-state index in [0.717, 1.165) is 11.1 Å². The number of aliphatic hydroxyl groups excluding tert-OH is 1.